The van der Waals surface area contributed by atoms with E-state index in [0.717, 1.165) is 22.6 Å². The minimum absolute atomic E-state index is 0.0303. The van der Waals surface area contributed by atoms with E-state index in [1.54, 1.807) is 13.3 Å². The van der Waals surface area contributed by atoms with Crippen LogP contribution in [-0.2, 0) is 11.3 Å². The molecule has 0 saturated heterocycles. The highest BCUT2D eigenvalue weighted by molar-refractivity contribution is 6.31. The molecule has 6 heteroatoms. The summed E-state index contributed by atoms with van der Waals surface area (Å²) in [5.41, 5.74) is 4.05. The number of pyridine rings is 1. The van der Waals surface area contributed by atoms with Gasteiger partial charge in [0, 0.05) is 18.5 Å². The van der Waals surface area contributed by atoms with Crippen LogP contribution in [0.3, 0.4) is 0 Å². The van der Waals surface area contributed by atoms with Gasteiger partial charge >= 0.3 is 0 Å². The lowest BCUT2D eigenvalue weighted by Gasteiger charge is -2.20. The number of hydrogen-bond acceptors (Lipinski definition) is 4. The third kappa shape index (κ3) is 3.61. The van der Waals surface area contributed by atoms with Crippen LogP contribution in [0.25, 0.3) is 0 Å². The number of hydrogen-bond donors (Lipinski definition) is 1. The Labute approximate surface area is 130 Å². The van der Waals surface area contributed by atoms with Crippen molar-refractivity contribution in [3.8, 4) is 0 Å². The molecule has 2 aromatic heterocycles. The largest absolute Gasteiger partial charge is 0.383 e. The van der Waals surface area contributed by atoms with E-state index >= 15 is 0 Å². The first kappa shape index (κ1) is 15.9. The maximum Gasteiger partial charge on any atom is 0.0837 e. The maximum atomic E-state index is 6.35. The lowest BCUT2D eigenvalue weighted by atomic mass is 10.0. The van der Waals surface area contributed by atoms with Crippen LogP contribution in [0.15, 0.2) is 18.3 Å². The molecule has 0 saturated carbocycles. The van der Waals surface area contributed by atoms with Gasteiger partial charge in [-0.2, -0.15) is 5.10 Å². The van der Waals surface area contributed by atoms with E-state index in [0.29, 0.717) is 18.2 Å². The van der Waals surface area contributed by atoms with E-state index in [2.05, 4.69) is 27.5 Å². The van der Waals surface area contributed by atoms with Gasteiger partial charge < -0.3 is 10.1 Å². The predicted molar refractivity (Wildman–Crippen MR) is 83.7 cm³/mol. The molecule has 2 rings (SSSR count). The third-order valence-corrected chi connectivity index (χ3v) is 3.63. The Bertz CT molecular complexity index is 591. The summed E-state index contributed by atoms with van der Waals surface area (Å²) in [5.74, 6) is 0. The summed E-state index contributed by atoms with van der Waals surface area (Å²) in [4.78, 5) is 4.42. The number of nitrogens with one attached hydrogen (secondary N) is 1. The van der Waals surface area contributed by atoms with Crippen LogP contribution in [0.1, 0.15) is 28.7 Å². The summed E-state index contributed by atoms with van der Waals surface area (Å²) >= 11 is 6.35. The molecule has 21 heavy (non-hydrogen) atoms. The number of methoxy groups -OCH3 is 1. The highest BCUT2D eigenvalue weighted by Crippen LogP contribution is 2.28. The van der Waals surface area contributed by atoms with Gasteiger partial charge in [-0.15, -0.1) is 0 Å². The van der Waals surface area contributed by atoms with E-state index in [4.69, 9.17) is 16.3 Å². The number of nitrogens with zero attached hydrogens (tertiary/aromatic N) is 3. The first-order valence-corrected chi connectivity index (χ1v) is 7.27. The van der Waals surface area contributed by atoms with Gasteiger partial charge in [-0.3, -0.25) is 9.67 Å². The summed E-state index contributed by atoms with van der Waals surface area (Å²) in [6.07, 6.45) is 1.68. The van der Waals surface area contributed by atoms with Crippen LogP contribution in [0.4, 0.5) is 0 Å². The zero-order chi connectivity index (χ0) is 15.4. The molecule has 2 heterocycles. The van der Waals surface area contributed by atoms with Gasteiger partial charge in [0.2, 0.25) is 0 Å². The molecule has 0 aliphatic carbocycles. The monoisotopic (exact) mass is 308 g/mol. The molecular weight excluding hydrogens is 288 g/mol. The van der Waals surface area contributed by atoms with Crippen molar-refractivity contribution >= 4 is 11.6 Å². The van der Waals surface area contributed by atoms with Crippen LogP contribution in [0.5, 0.6) is 0 Å². The zero-order valence-corrected chi connectivity index (χ0v) is 13.6. The molecule has 5 nitrogen and oxygen atoms in total. The van der Waals surface area contributed by atoms with E-state index in [1.165, 1.54) is 0 Å². The molecule has 0 fully saturated rings. The van der Waals surface area contributed by atoms with Crippen molar-refractivity contribution in [1.29, 1.82) is 0 Å². The predicted octanol–water partition coefficient (Wildman–Crippen LogP) is 2.50. The molecule has 1 unspecified atom stereocenters. The lowest BCUT2D eigenvalue weighted by molar-refractivity contribution is 0.182. The lowest BCUT2D eigenvalue weighted by Crippen LogP contribution is -2.23. The maximum absolute atomic E-state index is 6.35. The molecule has 0 aliphatic heterocycles. The van der Waals surface area contributed by atoms with Crippen LogP contribution in [-0.4, -0.2) is 35.5 Å². The van der Waals surface area contributed by atoms with E-state index < -0.39 is 0 Å². The van der Waals surface area contributed by atoms with E-state index in [-0.39, 0.29) is 6.04 Å². The Kier molecular flexibility index (Phi) is 5.33. The van der Waals surface area contributed by atoms with Crippen LogP contribution in [0.2, 0.25) is 5.02 Å². The van der Waals surface area contributed by atoms with Crippen LogP contribution >= 0.6 is 11.6 Å². The molecule has 0 aromatic carbocycles. The van der Waals surface area contributed by atoms with Crippen molar-refractivity contribution in [2.45, 2.75) is 26.4 Å². The molecule has 0 aliphatic rings. The summed E-state index contributed by atoms with van der Waals surface area (Å²) in [5, 5.41) is 8.31. The van der Waals surface area contributed by atoms with Gasteiger partial charge in [-0.05, 0) is 38.6 Å². The molecule has 114 valence electrons. The first-order valence-electron chi connectivity index (χ1n) is 6.89. The fraction of sp³-hybridized carbons (Fsp3) is 0.467. The average Bonchev–Trinajstić information content (AvgIpc) is 2.78. The van der Waals surface area contributed by atoms with Gasteiger partial charge in [0.1, 0.15) is 0 Å². The molecule has 1 atom stereocenters. The molecule has 0 amide bonds. The van der Waals surface area contributed by atoms with Crippen molar-refractivity contribution in [3.63, 3.8) is 0 Å². The summed E-state index contributed by atoms with van der Waals surface area (Å²) in [6.45, 7) is 5.25. The number of rotatable bonds is 6. The van der Waals surface area contributed by atoms with E-state index in [9.17, 15) is 0 Å². The Morgan fingerprint density at radius 1 is 1.33 bits per heavy atom. The summed E-state index contributed by atoms with van der Waals surface area (Å²) in [6, 6.07) is 4.10. The highest BCUT2D eigenvalue weighted by atomic mass is 35.5. The molecule has 1 N–H and O–H groups in total. The van der Waals surface area contributed by atoms with Crippen molar-refractivity contribution in [1.82, 2.24) is 20.1 Å². The minimum Gasteiger partial charge on any atom is -0.383 e. The Balaban J connectivity index is 2.43. The minimum atomic E-state index is -0.0303. The standard InChI is InChI=1S/C15H21ClN4O/c1-10-7-12(8-11(2)19-10)14(17-3)15-13(16)9-18-20(15)5-6-21-4/h7-9,14,17H,5-6H2,1-4H3. The summed E-state index contributed by atoms with van der Waals surface area (Å²) < 4.78 is 7.02. The van der Waals surface area contributed by atoms with Crippen molar-refractivity contribution < 1.29 is 4.74 Å². The van der Waals surface area contributed by atoms with E-state index in [1.807, 2.05) is 25.6 Å². The fourth-order valence-electron chi connectivity index (χ4n) is 2.51. The number of aromatic nitrogens is 3. The number of halogens is 1. The van der Waals surface area contributed by atoms with Gasteiger partial charge in [0.15, 0.2) is 0 Å². The number of ether oxygens (including phenoxy) is 1. The van der Waals surface area contributed by atoms with Crippen LogP contribution < -0.4 is 5.32 Å². The SMILES string of the molecule is CNC(c1cc(C)nc(C)c1)c1c(Cl)cnn1CCOC. The Morgan fingerprint density at radius 3 is 2.57 bits per heavy atom. The second-order valence-corrected chi connectivity index (χ2v) is 5.41. The van der Waals surface area contributed by atoms with Crippen LogP contribution in [0, 0.1) is 13.8 Å². The fourth-order valence-corrected chi connectivity index (χ4v) is 2.76. The van der Waals surface area contributed by atoms with Gasteiger partial charge in [0.25, 0.3) is 0 Å². The molecule has 0 bridgehead atoms. The van der Waals surface area contributed by atoms with Gasteiger partial charge in [0.05, 0.1) is 36.1 Å². The second kappa shape index (κ2) is 7.02. The quantitative estimate of drug-likeness (QED) is 0.891. The smallest absolute Gasteiger partial charge is 0.0837 e. The van der Waals surface area contributed by atoms with Crippen molar-refractivity contribution in [2.75, 3.05) is 20.8 Å². The third-order valence-electron chi connectivity index (χ3n) is 3.34. The normalized spacial score (nSPS) is 12.6. The first-order chi connectivity index (χ1) is 10.1. The molecular formula is C15H21ClN4O. The van der Waals surface area contributed by atoms with Crippen molar-refractivity contribution in [2.24, 2.45) is 0 Å². The van der Waals surface area contributed by atoms with Gasteiger partial charge in [-0.25, -0.2) is 0 Å². The van der Waals surface area contributed by atoms with Gasteiger partial charge in [-0.1, -0.05) is 11.6 Å². The number of aryl methyl sites for hydroxylation is 2. The molecule has 2 aromatic rings. The van der Waals surface area contributed by atoms with Crippen molar-refractivity contribution in [3.05, 3.63) is 46.0 Å². The molecule has 0 spiro atoms. The summed E-state index contributed by atoms with van der Waals surface area (Å²) in [7, 11) is 3.59. The Morgan fingerprint density at radius 2 is 2.00 bits per heavy atom. The zero-order valence-electron chi connectivity index (χ0n) is 12.9. The second-order valence-electron chi connectivity index (χ2n) is 5.00. The Hall–Kier alpha value is -1.43. The highest BCUT2D eigenvalue weighted by Gasteiger charge is 2.21. The average molecular weight is 309 g/mol. The topological polar surface area (TPSA) is 52.0 Å². The molecule has 0 radical (unpaired) electrons.